The van der Waals surface area contributed by atoms with Gasteiger partial charge in [-0.3, -0.25) is 9.59 Å². The average molecular weight is 549 g/mol. The average Bonchev–Trinajstić information content (AvgIpc) is 3.55. The van der Waals surface area contributed by atoms with Crippen LogP contribution in [0.3, 0.4) is 0 Å². The molecular formula is C33H29FN4O3. The van der Waals surface area contributed by atoms with Crippen LogP contribution >= 0.6 is 0 Å². The van der Waals surface area contributed by atoms with E-state index in [-0.39, 0.29) is 35.9 Å². The first-order valence-electron chi connectivity index (χ1n) is 13.5. The van der Waals surface area contributed by atoms with Crippen molar-refractivity contribution in [3.05, 3.63) is 127 Å². The summed E-state index contributed by atoms with van der Waals surface area (Å²) in [5.74, 6) is 0.655. The topological polar surface area (TPSA) is 87.3 Å². The summed E-state index contributed by atoms with van der Waals surface area (Å²) in [5, 5.41) is 3.06. The first-order chi connectivity index (χ1) is 20.0. The van der Waals surface area contributed by atoms with Gasteiger partial charge in [0.1, 0.15) is 17.3 Å². The minimum Gasteiger partial charge on any atom is -0.457 e. The number of benzene rings is 3. The standard InChI is InChI=1S/C33H29FN4O3/c34-25-8-12-28(13-9-25)41-29-14-10-26(11-15-29)37-32(40)33-16-17-38(31(39)18-27-20-35-22-36-27)21-24(30(33)19-33)7-6-23-4-2-1-3-5-23/h1-17,20,22,24,30H,18-19,21H2,(H,35,36)(H,37,40)/b7-6+/t24?,30?,33-/m0/s1. The van der Waals surface area contributed by atoms with Gasteiger partial charge in [-0.05, 0) is 72.4 Å². The molecule has 7 nitrogen and oxygen atoms in total. The molecule has 1 aromatic heterocycles. The fraction of sp³-hybridized carbons (Fsp3) is 0.182. The molecule has 8 heteroatoms. The molecule has 2 amide bonds. The van der Waals surface area contributed by atoms with E-state index in [2.05, 4.69) is 27.4 Å². The monoisotopic (exact) mass is 548 g/mol. The molecule has 2 heterocycles. The Bertz CT molecular complexity index is 1570. The lowest BCUT2D eigenvalue weighted by Crippen LogP contribution is -2.32. The lowest BCUT2D eigenvalue weighted by atomic mass is 9.93. The quantitative estimate of drug-likeness (QED) is 0.274. The third-order valence-electron chi connectivity index (χ3n) is 7.67. The number of nitrogens with zero attached hydrogens (tertiary/aromatic N) is 2. The lowest BCUT2D eigenvalue weighted by molar-refractivity contribution is -0.128. The number of fused-ring (bicyclic) bond motifs is 1. The number of carbonyl (C=O) groups is 2. The Hall–Kier alpha value is -4.98. The number of carbonyl (C=O) groups excluding carboxylic acids is 2. The summed E-state index contributed by atoms with van der Waals surface area (Å²) in [6.45, 7) is 0.488. The van der Waals surface area contributed by atoms with Crippen LogP contribution in [0.15, 0.2) is 110 Å². The number of hydrogen-bond acceptors (Lipinski definition) is 4. The zero-order chi connectivity index (χ0) is 28.2. The van der Waals surface area contributed by atoms with Gasteiger partial charge in [0.05, 0.1) is 18.2 Å². The van der Waals surface area contributed by atoms with E-state index in [1.165, 1.54) is 12.1 Å². The molecule has 3 atom stereocenters. The van der Waals surface area contributed by atoms with Crippen LogP contribution in [0.4, 0.5) is 10.1 Å². The first kappa shape index (κ1) is 26.3. The van der Waals surface area contributed by atoms with Crippen molar-refractivity contribution < 1.29 is 18.7 Å². The van der Waals surface area contributed by atoms with Gasteiger partial charge in [-0.1, -0.05) is 48.6 Å². The molecule has 41 heavy (non-hydrogen) atoms. The number of ether oxygens (including phenoxy) is 1. The maximum Gasteiger partial charge on any atom is 0.234 e. The molecule has 1 saturated carbocycles. The van der Waals surface area contributed by atoms with E-state index in [0.29, 0.717) is 30.2 Å². The zero-order valence-electron chi connectivity index (χ0n) is 22.2. The van der Waals surface area contributed by atoms with Crippen molar-refractivity contribution in [1.82, 2.24) is 14.9 Å². The summed E-state index contributed by atoms with van der Waals surface area (Å²) in [5.41, 5.74) is 1.74. The maximum absolute atomic E-state index is 13.7. The predicted molar refractivity (Wildman–Crippen MR) is 154 cm³/mol. The number of anilines is 1. The molecule has 0 radical (unpaired) electrons. The summed E-state index contributed by atoms with van der Waals surface area (Å²) in [4.78, 5) is 35.6. The number of H-pyrrole nitrogens is 1. The summed E-state index contributed by atoms with van der Waals surface area (Å²) in [6.07, 6.45) is 12.0. The lowest BCUT2D eigenvalue weighted by Gasteiger charge is -2.22. The predicted octanol–water partition coefficient (Wildman–Crippen LogP) is 6.21. The van der Waals surface area contributed by atoms with E-state index >= 15 is 0 Å². The molecule has 3 aromatic carbocycles. The van der Waals surface area contributed by atoms with Crippen LogP contribution in [0.2, 0.25) is 0 Å². The highest BCUT2D eigenvalue weighted by Crippen LogP contribution is 2.60. The van der Waals surface area contributed by atoms with E-state index in [1.807, 2.05) is 36.4 Å². The highest BCUT2D eigenvalue weighted by molar-refractivity contribution is 5.99. The van der Waals surface area contributed by atoms with Gasteiger partial charge in [0.2, 0.25) is 11.8 Å². The SMILES string of the molecule is O=C(Cc1cnc[nH]1)N1C=C[C@]2(C(=O)Nc3ccc(Oc4ccc(F)cc4)cc3)CC2C(/C=C/c2ccccc2)C1. The van der Waals surface area contributed by atoms with Gasteiger partial charge >= 0.3 is 0 Å². The smallest absolute Gasteiger partial charge is 0.234 e. The Balaban J connectivity index is 1.18. The van der Waals surface area contributed by atoms with Crippen molar-refractivity contribution in [2.75, 3.05) is 11.9 Å². The molecule has 2 unspecified atom stereocenters. The molecule has 4 aromatic rings. The van der Waals surface area contributed by atoms with E-state index in [0.717, 1.165) is 11.3 Å². The van der Waals surface area contributed by atoms with Crippen molar-refractivity contribution in [1.29, 1.82) is 0 Å². The number of rotatable bonds is 8. The Morgan fingerprint density at radius 2 is 1.78 bits per heavy atom. The Morgan fingerprint density at radius 3 is 2.49 bits per heavy atom. The molecule has 1 aliphatic heterocycles. The van der Waals surface area contributed by atoms with Crippen LogP contribution in [0.1, 0.15) is 17.7 Å². The minimum atomic E-state index is -0.710. The van der Waals surface area contributed by atoms with E-state index in [1.54, 1.807) is 60.0 Å². The van der Waals surface area contributed by atoms with Crippen LogP contribution < -0.4 is 10.1 Å². The number of aromatic amines is 1. The molecule has 0 spiro atoms. The number of aromatic nitrogens is 2. The highest BCUT2D eigenvalue weighted by atomic mass is 19.1. The van der Waals surface area contributed by atoms with Crippen LogP contribution in [-0.4, -0.2) is 33.2 Å². The number of nitrogens with one attached hydrogen (secondary N) is 2. The summed E-state index contributed by atoms with van der Waals surface area (Å²) < 4.78 is 18.9. The van der Waals surface area contributed by atoms with Gasteiger partial charge in [0.15, 0.2) is 0 Å². The molecule has 6 rings (SSSR count). The molecule has 1 fully saturated rings. The van der Waals surface area contributed by atoms with Crippen molar-refractivity contribution in [3.63, 3.8) is 0 Å². The molecular weight excluding hydrogens is 519 g/mol. The van der Waals surface area contributed by atoms with Crippen LogP contribution in [0, 0.1) is 23.1 Å². The molecule has 0 saturated heterocycles. The van der Waals surface area contributed by atoms with Crippen molar-refractivity contribution >= 4 is 23.6 Å². The van der Waals surface area contributed by atoms with Gasteiger partial charge in [0, 0.05) is 30.3 Å². The molecule has 2 aliphatic rings. The van der Waals surface area contributed by atoms with Crippen molar-refractivity contribution in [3.8, 4) is 11.5 Å². The number of amides is 2. The number of halogens is 1. The minimum absolute atomic E-state index is 0.00634. The van der Waals surface area contributed by atoms with Gasteiger partial charge in [0.25, 0.3) is 0 Å². The highest BCUT2D eigenvalue weighted by Gasteiger charge is 2.61. The second kappa shape index (κ2) is 11.3. The Morgan fingerprint density at radius 1 is 1.05 bits per heavy atom. The van der Waals surface area contributed by atoms with Crippen LogP contribution in [-0.2, 0) is 16.0 Å². The van der Waals surface area contributed by atoms with Crippen LogP contribution in [0.5, 0.6) is 11.5 Å². The number of hydrogen-bond donors (Lipinski definition) is 2. The fourth-order valence-electron chi connectivity index (χ4n) is 5.32. The fourth-order valence-corrected chi connectivity index (χ4v) is 5.32. The summed E-state index contributed by atoms with van der Waals surface area (Å²) >= 11 is 0. The first-order valence-corrected chi connectivity index (χ1v) is 13.5. The molecule has 206 valence electrons. The normalized spacial score (nSPS) is 21.2. The van der Waals surface area contributed by atoms with Gasteiger partial charge in [-0.2, -0.15) is 0 Å². The largest absolute Gasteiger partial charge is 0.457 e. The van der Waals surface area contributed by atoms with Crippen LogP contribution in [0.25, 0.3) is 6.08 Å². The van der Waals surface area contributed by atoms with Gasteiger partial charge in [-0.25, -0.2) is 9.37 Å². The Labute approximate surface area is 237 Å². The molecule has 0 bridgehead atoms. The molecule has 2 N–H and O–H groups in total. The number of imidazole rings is 1. The second-order valence-electron chi connectivity index (χ2n) is 10.4. The third-order valence-corrected chi connectivity index (χ3v) is 7.67. The second-order valence-corrected chi connectivity index (χ2v) is 10.4. The van der Waals surface area contributed by atoms with Crippen molar-refractivity contribution in [2.24, 2.45) is 17.3 Å². The van der Waals surface area contributed by atoms with E-state index in [9.17, 15) is 14.0 Å². The van der Waals surface area contributed by atoms with Gasteiger partial charge in [-0.15, -0.1) is 0 Å². The van der Waals surface area contributed by atoms with E-state index in [4.69, 9.17) is 4.74 Å². The summed E-state index contributed by atoms with van der Waals surface area (Å²) in [7, 11) is 0. The van der Waals surface area contributed by atoms with Gasteiger partial charge < -0.3 is 19.9 Å². The zero-order valence-corrected chi connectivity index (χ0v) is 22.2. The third kappa shape index (κ3) is 5.96. The molecule has 1 aliphatic carbocycles. The summed E-state index contributed by atoms with van der Waals surface area (Å²) in [6, 6.07) is 22.9. The van der Waals surface area contributed by atoms with E-state index < -0.39 is 5.41 Å². The Kier molecular flexibility index (Phi) is 7.20. The van der Waals surface area contributed by atoms with Crippen molar-refractivity contribution in [2.45, 2.75) is 12.8 Å². The maximum atomic E-state index is 13.7.